The predicted octanol–water partition coefficient (Wildman–Crippen LogP) is 4.22. The average Bonchev–Trinajstić information content (AvgIpc) is 2.64. The first kappa shape index (κ1) is 17.0. The number of nitro benzene ring substituents is 1. The van der Waals surface area contributed by atoms with Crippen LogP contribution in [0.1, 0.15) is 10.4 Å². The van der Waals surface area contributed by atoms with E-state index in [1.165, 1.54) is 12.1 Å². The van der Waals surface area contributed by atoms with Crippen molar-refractivity contribution in [2.75, 3.05) is 11.1 Å². The number of benzene rings is 3. The fourth-order valence-corrected chi connectivity index (χ4v) is 2.28. The molecule has 3 rings (SSSR count). The molecule has 7 nitrogen and oxygen atoms in total. The molecule has 3 N–H and O–H groups in total. The van der Waals surface area contributed by atoms with Crippen molar-refractivity contribution in [2.24, 2.45) is 0 Å². The van der Waals surface area contributed by atoms with Crippen LogP contribution in [0.5, 0.6) is 11.5 Å². The lowest BCUT2D eigenvalue weighted by Gasteiger charge is -2.09. The van der Waals surface area contributed by atoms with E-state index in [0.29, 0.717) is 17.2 Å². The molecule has 0 heterocycles. The third kappa shape index (κ3) is 3.96. The number of hydrogen-bond acceptors (Lipinski definition) is 5. The van der Waals surface area contributed by atoms with Gasteiger partial charge in [0.1, 0.15) is 11.5 Å². The van der Waals surface area contributed by atoms with Crippen molar-refractivity contribution in [1.29, 1.82) is 0 Å². The number of nitrogen functional groups attached to an aromatic ring is 1. The molecule has 0 aliphatic heterocycles. The Morgan fingerprint density at radius 2 is 1.62 bits per heavy atom. The Morgan fingerprint density at radius 3 is 2.27 bits per heavy atom. The third-order valence-electron chi connectivity index (χ3n) is 3.58. The monoisotopic (exact) mass is 349 g/mol. The Labute approximate surface area is 149 Å². The van der Waals surface area contributed by atoms with Gasteiger partial charge >= 0.3 is 0 Å². The van der Waals surface area contributed by atoms with Gasteiger partial charge in [0, 0.05) is 23.5 Å². The summed E-state index contributed by atoms with van der Waals surface area (Å²) in [6, 6.07) is 19.8. The van der Waals surface area contributed by atoms with Crippen LogP contribution in [0.25, 0.3) is 0 Å². The largest absolute Gasteiger partial charge is 0.457 e. The number of nitrogens with two attached hydrogens (primary N) is 1. The maximum absolute atomic E-state index is 12.3. The Balaban J connectivity index is 1.72. The summed E-state index contributed by atoms with van der Waals surface area (Å²) in [5, 5.41) is 13.5. The summed E-state index contributed by atoms with van der Waals surface area (Å²) in [5.41, 5.74) is 6.28. The third-order valence-corrected chi connectivity index (χ3v) is 3.58. The number of nitrogens with one attached hydrogen (secondary N) is 1. The molecule has 7 heteroatoms. The smallest absolute Gasteiger partial charge is 0.270 e. The van der Waals surface area contributed by atoms with Crippen LogP contribution in [-0.4, -0.2) is 10.8 Å². The Hall–Kier alpha value is -3.87. The summed E-state index contributed by atoms with van der Waals surface area (Å²) in [6.45, 7) is 0. The minimum Gasteiger partial charge on any atom is -0.457 e. The van der Waals surface area contributed by atoms with Crippen molar-refractivity contribution in [1.82, 2.24) is 0 Å². The molecular formula is C19H15N3O4. The van der Waals surface area contributed by atoms with E-state index < -0.39 is 10.8 Å². The van der Waals surface area contributed by atoms with E-state index in [-0.39, 0.29) is 16.9 Å². The van der Waals surface area contributed by atoms with Gasteiger partial charge in [-0.05, 0) is 42.5 Å². The zero-order valence-corrected chi connectivity index (χ0v) is 13.6. The van der Waals surface area contributed by atoms with Gasteiger partial charge in [-0.3, -0.25) is 14.9 Å². The molecule has 0 bridgehead atoms. The molecule has 130 valence electrons. The average molecular weight is 349 g/mol. The first-order chi connectivity index (χ1) is 12.5. The molecule has 0 spiro atoms. The summed E-state index contributed by atoms with van der Waals surface area (Å²) >= 11 is 0. The minimum absolute atomic E-state index is 0.0452. The van der Waals surface area contributed by atoms with Crippen LogP contribution in [0, 0.1) is 10.1 Å². The van der Waals surface area contributed by atoms with Gasteiger partial charge in [-0.25, -0.2) is 0 Å². The van der Waals surface area contributed by atoms with E-state index in [4.69, 9.17) is 10.5 Å². The van der Waals surface area contributed by atoms with Crippen LogP contribution in [0.3, 0.4) is 0 Å². The van der Waals surface area contributed by atoms with Crippen molar-refractivity contribution >= 4 is 23.0 Å². The highest BCUT2D eigenvalue weighted by Crippen LogP contribution is 2.24. The lowest BCUT2D eigenvalue weighted by atomic mass is 10.1. The van der Waals surface area contributed by atoms with Gasteiger partial charge in [0.25, 0.3) is 11.6 Å². The molecule has 0 aliphatic carbocycles. The fraction of sp³-hybridized carbons (Fsp3) is 0. The van der Waals surface area contributed by atoms with Crippen LogP contribution in [-0.2, 0) is 0 Å². The topological polar surface area (TPSA) is 107 Å². The predicted molar refractivity (Wildman–Crippen MR) is 98.4 cm³/mol. The number of nitrogens with zero attached hydrogens (tertiary/aromatic N) is 1. The van der Waals surface area contributed by atoms with Crippen molar-refractivity contribution in [2.45, 2.75) is 0 Å². The van der Waals surface area contributed by atoms with Gasteiger partial charge in [-0.2, -0.15) is 0 Å². The van der Waals surface area contributed by atoms with Gasteiger partial charge in [0.2, 0.25) is 0 Å². The maximum Gasteiger partial charge on any atom is 0.270 e. The van der Waals surface area contributed by atoms with E-state index in [9.17, 15) is 14.9 Å². The number of ether oxygens (including phenoxy) is 1. The van der Waals surface area contributed by atoms with E-state index in [1.54, 1.807) is 24.3 Å². The Morgan fingerprint density at radius 1 is 0.962 bits per heavy atom. The summed E-state index contributed by atoms with van der Waals surface area (Å²) in [6.07, 6.45) is 0. The van der Waals surface area contributed by atoms with Crippen molar-refractivity contribution < 1.29 is 14.5 Å². The van der Waals surface area contributed by atoms with E-state index in [2.05, 4.69) is 5.32 Å². The van der Waals surface area contributed by atoms with Crippen molar-refractivity contribution in [3.8, 4) is 11.5 Å². The van der Waals surface area contributed by atoms with Gasteiger partial charge in [0.15, 0.2) is 0 Å². The summed E-state index contributed by atoms with van der Waals surface area (Å²) in [4.78, 5) is 22.6. The van der Waals surface area contributed by atoms with E-state index in [1.807, 2.05) is 30.3 Å². The van der Waals surface area contributed by atoms with Gasteiger partial charge in [0.05, 0.1) is 10.5 Å². The van der Waals surface area contributed by atoms with Crippen LogP contribution in [0.2, 0.25) is 0 Å². The van der Waals surface area contributed by atoms with Gasteiger partial charge < -0.3 is 15.8 Å². The highest BCUT2D eigenvalue weighted by Gasteiger charge is 2.15. The highest BCUT2D eigenvalue weighted by molar-refractivity contribution is 6.08. The summed E-state index contributed by atoms with van der Waals surface area (Å²) < 4.78 is 5.68. The number of non-ortho nitro benzene ring substituents is 1. The number of para-hydroxylation sites is 1. The number of carbonyl (C=O) groups excluding carboxylic acids is 1. The molecule has 0 saturated carbocycles. The lowest BCUT2D eigenvalue weighted by Crippen LogP contribution is -2.14. The highest BCUT2D eigenvalue weighted by atomic mass is 16.6. The fourth-order valence-electron chi connectivity index (χ4n) is 2.28. The molecule has 0 saturated heterocycles. The zero-order chi connectivity index (χ0) is 18.5. The molecule has 3 aromatic rings. The van der Waals surface area contributed by atoms with E-state index >= 15 is 0 Å². The second-order valence-electron chi connectivity index (χ2n) is 5.42. The molecule has 0 aromatic heterocycles. The zero-order valence-electron chi connectivity index (χ0n) is 13.6. The number of amides is 1. The summed E-state index contributed by atoms with van der Waals surface area (Å²) in [5.74, 6) is 0.792. The van der Waals surface area contributed by atoms with Crippen LogP contribution < -0.4 is 15.8 Å². The molecule has 0 fully saturated rings. The van der Waals surface area contributed by atoms with Crippen molar-refractivity contribution in [3.05, 3.63) is 88.5 Å². The number of rotatable bonds is 5. The van der Waals surface area contributed by atoms with Gasteiger partial charge in [-0.15, -0.1) is 0 Å². The number of nitro groups is 1. The first-order valence-electron chi connectivity index (χ1n) is 7.71. The second kappa shape index (κ2) is 7.35. The van der Waals surface area contributed by atoms with Crippen molar-refractivity contribution in [3.63, 3.8) is 0 Å². The minimum atomic E-state index is -0.577. The molecular weight excluding hydrogens is 334 g/mol. The first-order valence-corrected chi connectivity index (χ1v) is 7.71. The molecule has 26 heavy (non-hydrogen) atoms. The lowest BCUT2D eigenvalue weighted by molar-refractivity contribution is -0.384. The Kier molecular flexibility index (Phi) is 4.80. The van der Waals surface area contributed by atoms with Crippen LogP contribution in [0.4, 0.5) is 17.1 Å². The standard InChI is InChI=1S/C19H15N3O4/c20-18-11-8-14(22(24)25)12-17(18)19(23)21-13-6-9-16(10-7-13)26-15-4-2-1-3-5-15/h1-12H,20H2,(H,21,23). The quantitative estimate of drug-likeness (QED) is 0.407. The molecule has 1 amide bonds. The maximum atomic E-state index is 12.3. The second-order valence-corrected chi connectivity index (χ2v) is 5.42. The van der Waals surface area contributed by atoms with Crippen LogP contribution >= 0.6 is 0 Å². The Bertz CT molecular complexity index is 941. The molecule has 0 aliphatic rings. The van der Waals surface area contributed by atoms with E-state index in [0.717, 1.165) is 6.07 Å². The molecule has 3 aromatic carbocycles. The molecule has 0 unspecified atom stereocenters. The van der Waals surface area contributed by atoms with Gasteiger partial charge in [-0.1, -0.05) is 18.2 Å². The number of carbonyl (C=O) groups is 1. The number of anilines is 2. The normalized spacial score (nSPS) is 10.2. The molecule has 0 atom stereocenters. The molecule has 0 radical (unpaired) electrons. The van der Waals surface area contributed by atoms with Crippen LogP contribution in [0.15, 0.2) is 72.8 Å². The summed E-state index contributed by atoms with van der Waals surface area (Å²) in [7, 11) is 0. The number of hydrogen-bond donors (Lipinski definition) is 2. The SMILES string of the molecule is Nc1ccc([N+](=O)[O-])cc1C(=O)Nc1ccc(Oc2ccccc2)cc1.